The lowest BCUT2D eigenvalue weighted by Crippen LogP contribution is -2.19. The van der Waals surface area contributed by atoms with Gasteiger partial charge in [0, 0.05) is 23.5 Å². The van der Waals surface area contributed by atoms with E-state index in [4.69, 9.17) is 4.42 Å². The smallest absolute Gasteiger partial charge is 0.323 e. The van der Waals surface area contributed by atoms with Gasteiger partial charge in [-0.2, -0.15) is 0 Å². The number of hydrogen-bond donors (Lipinski definition) is 3. The number of rotatable bonds is 7. The molecule has 168 valence electrons. The topological polar surface area (TPSA) is 92.1 Å². The van der Waals surface area contributed by atoms with Gasteiger partial charge in [-0.1, -0.05) is 60.7 Å². The highest BCUT2D eigenvalue weighted by atomic mass is 16.3. The van der Waals surface area contributed by atoms with Crippen molar-refractivity contribution in [1.29, 1.82) is 0 Å². The first-order chi connectivity index (χ1) is 16.8. The quantitative estimate of drug-likeness (QED) is 0.276. The number of para-hydroxylation sites is 1. The maximum absolute atomic E-state index is 12.2. The second-order valence-corrected chi connectivity index (χ2v) is 7.74. The predicted octanol–water partition coefficient (Wildman–Crippen LogP) is 6.19. The first kappa shape index (κ1) is 21.2. The van der Waals surface area contributed by atoms with Gasteiger partial charge in [-0.15, -0.1) is 0 Å². The molecule has 0 radical (unpaired) electrons. The van der Waals surface area contributed by atoms with Crippen LogP contribution in [0.4, 0.5) is 22.0 Å². The Balaban J connectivity index is 1.20. The Kier molecular flexibility index (Phi) is 6.16. The zero-order valence-electron chi connectivity index (χ0n) is 18.4. The zero-order valence-corrected chi connectivity index (χ0v) is 18.4. The van der Waals surface area contributed by atoms with Crippen LogP contribution in [0, 0.1) is 0 Å². The van der Waals surface area contributed by atoms with E-state index in [0.717, 1.165) is 45.7 Å². The Morgan fingerprint density at radius 2 is 1.47 bits per heavy atom. The number of hydrogen-bond acceptors (Lipinski definition) is 5. The van der Waals surface area contributed by atoms with Crippen LogP contribution in [0.15, 0.2) is 102 Å². The van der Waals surface area contributed by atoms with E-state index in [1.807, 2.05) is 84.9 Å². The fourth-order valence-corrected chi connectivity index (χ4v) is 3.73. The Labute approximate surface area is 196 Å². The zero-order chi connectivity index (χ0) is 23.2. The second kappa shape index (κ2) is 9.87. The fourth-order valence-electron chi connectivity index (χ4n) is 3.73. The minimum atomic E-state index is -0.275. The summed E-state index contributed by atoms with van der Waals surface area (Å²) in [6, 6.07) is 26.9. The molecule has 0 atom stereocenters. The number of nitrogens with zero attached hydrogens (tertiary/aromatic N) is 2. The van der Waals surface area contributed by atoms with Crippen molar-refractivity contribution in [2.75, 3.05) is 22.5 Å². The molecule has 0 unspecified atom stereocenters. The van der Waals surface area contributed by atoms with Gasteiger partial charge in [-0.3, -0.25) is 0 Å². The van der Waals surface area contributed by atoms with Crippen LogP contribution < -0.4 is 16.0 Å². The number of nitrogens with one attached hydrogen (secondary N) is 3. The van der Waals surface area contributed by atoms with E-state index in [2.05, 4.69) is 25.9 Å². The average molecular weight is 450 g/mol. The monoisotopic (exact) mass is 449 g/mol. The van der Waals surface area contributed by atoms with E-state index in [0.29, 0.717) is 12.3 Å². The molecule has 3 N–H and O–H groups in total. The minimum Gasteiger partial charge on any atom is -0.445 e. The SMILES string of the molecule is O=C(Nc1ccccc1)Nc1ccc(CCNc2ncnc3occ(-c4ccccc4)c23)cc1. The van der Waals surface area contributed by atoms with Crippen molar-refractivity contribution in [3.63, 3.8) is 0 Å². The molecule has 0 aliphatic rings. The lowest BCUT2D eigenvalue weighted by molar-refractivity contribution is 0.262. The van der Waals surface area contributed by atoms with E-state index >= 15 is 0 Å². The minimum absolute atomic E-state index is 0.275. The van der Waals surface area contributed by atoms with Crippen LogP contribution in [0.2, 0.25) is 0 Å². The van der Waals surface area contributed by atoms with Crippen molar-refractivity contribution in [3.8, 4) is 11.1 Å². The Bertz CT molecular complexity index is 1380. The largest absolute Gasteiger partial charge is 0.445 e. The molecule has 34 heavy (non-hydrogen) atoms. The summed E-state index contributed by atoms with van der Waals surface area (Å²) in [5.41, 5.74) is 5.19. The first-order valence-electron chi connectivity index (χ1n) is 11.0. The van der Waals surface area contributed by atoms with E-state index in [9.17, 15) is 4.79 Å². The standard InChI is InChI=1S/C27H23N5O2/c33-27(31-21-9-5-2-6-10-21)32-22-13-11-19(12-14-22)15-16-28-25-24-23(20-7-3-1-4-8-20)17-34-26(24)30-18-29-25/h1-14,17-18H,15-16H2,(H,28,29,30)(H2,31,32,33). The molecule has 2 aromatic heterocycles. The van der Waals surface area contributed by atoms with E-state index in [1.54, 1.807) is 6.26 Å². The third-order valence-corrected chi connectivity index (χ3v) is 5.40. The number of benzene rings is 3. The number of carbonyl (C=O) groups excluding carboxylic acids is 1. The molecule has 5 aromatic rings. The van der Waals surface area contributed by atoms with Gasteiger partial charge in [0.25, 0.3) is 0 Å². The number of amides is 2. The molecule has 0 bridgehead atoms. The summed E-state index contributed by atoms with van der Waals surface area (Å²) < 4.78 is 5.66. The van der Waals surface area contributed by atoms with Crippen LogP contribution >= 0.6 is 0 Å². The first-order valence-corrected chi connectivity index (χ1v) is 11.0. The van der Waals surface area contributed by atoms with E-state index in [-0.39, 0.29) is 6.03 Å². The van der Waals surface area contributed by atoms with Crippen molar-refractivity contribution < 1.29 is 9.21 Å². The molecule has 0 aliphatic carbocycles. The third-order valence-electron chi connectivity index (χ3n) is 5.40. The predicted molar refractivity (Wildman–Crippen MR) is 135 cm³/mol. The number of carbonyl (C=O) groups is 1. The molecule has 0 aliphatic heterocycles. The number of fused-ring (bicyclic) bond motifs is 1. The molecule has 3 aromatic carbocycles. The summed E-state index contributed by atoms with van der Waals surface area (Å²) in [6.07, 6.45) is 4.02. The number of furan rings is 1. The van der Waals surface area contributed by atoms with Crippen LogP contribution in [0.5, 0.6) is 0 Å². The van der Waals surface area contributed by atoms with Gasteiger partial charge in [-0.05, 0) is 41.8 Å². The second-order valence-electron chi connectivity index (χ2n) is 7.74. The van der Waals surface area contributed by atoms with E-state index in [1.165, 1.54) is 6.33 Å². The fraction of sp³-hybridized carbons (Fsp3) is 0.0741. The highest BCUT2D eigenvalue weighted by Gasteiger charge is 2.14. The molecule has 0 spiro atoms. The molecule has 2 amide bonds. The van der Waals surface area contributed by atoms with Gasteiger partial charge >= 0.3 is 6.03 Å². The molecule has 7 heteroatoms. The van der Waals surface area contributed by atoms with Crippen LogP contribution in [-0.4, -0.2) is 22.5 Å². The van der Waals surface area contributed by atoms with Gasteiger partial charge < -0.3 is 20.4 Å². The van der Waals surface area contributed by atoms with Crippen LogP contribution in [0.3, 0.4) is 0 Å². The summed E-state index contributed by atoms with van der Waals surface area (Å²) in [6.45, 7) is 0.687. The van der Waals surface area contributed by atoms with Gasteiger partial charge in [0.05, 0.1) is 5.39 Å². The highest BCUT2D eigenvalue weighted by molar-refractivity contribution is 6.00. The Morgan fingerprint density at radius 3 is 2.21 bits per heavy atom. The number of anilines is 3. The summed E-state index contributed by atoms with van der Waals surface area (Å²) in [4.78, 5) is 20.9. The summed E-state index contributed by atoms with van der Waals surface area (Å²) >= 11 is 0. The van der Waals surface area contributed by atoms with Crippen LogP contribution in [-0.2, 0) is 6.42 Å². The van der Waals surface area contributed by atoms with Gasteiger partial charge in [0.1, 0.15) is 18.4 Å². The summed E-state index contributed by atoms with van der Waals surface area (Å²) in [7, 11) is 0. The molecular weight excluding hydrogens is 426 g/mol. The van der Waals surface area contributed by atoms with Gasteiger partial charge in [0.15, 0.2) is 0 Å². The van der Waals surface area contributed by atoms with Crippen LogP contribution in [0.25, 0.3) is 22.2 Å². The van der Waals surface area contributed by atoms with Crippen molar-refractivity contribution in [3.05, 3.63) is 103 Å². The summed E-state index contributed by atoms with van der Waals surface area (Å²) in [5.74, 6) is 0.744. The normalized spacial score (nSPS) is 10.7. The van der Waals surface area contributed by atoms with Gasteiger partial charge in [0.2, 0.25) is 5.71 Å². The van der Waals surface area contributed by atoms with Crippen molar-refractivity contribution in [2.24, 2.45) is 0 Å². The molecule has 0 fully saturated rings. The molecule has 0 saturated heterocycles. The Morgan fingerprint density at radius 1 is 0.794 bits per heavy atom. The van der Waals surface area contributed by atoms with E-state index < -0.39 is 0 Å². The average Bonchev–Trinajstić information content (AvgIpc) is 3.31. The lowest BCUT2D eigenvalue weighted by atomic mass is 10.1. The number of aromatic nitrogens is 2. The molecule has 0 saturated carbocycles. The molecular formula is C27H23N5O2. The summed E-state index contributed by atoms with van der Waals surface area (Å²) in [5, 5.41) is 9.94. The van der Waals surface area contributed by atoms with Crippen molar-refractivity contribution in [1.82, 2.24) is 9.97 Å². The Hall–Kier alpha value is -4.65. The van der Waals surface area contributed by atoms with Gasteiger partial charge in [-0.25, -0.2) is 14.8 Å². The molecule has 2 heterocycles. The lowest BCUT2D eigenvalue weighted by Gasteiger charge is -2.10. The molecule has 5 rings (SSSR count). The molecule has 7 nitrogen and oxygen atoms in total. The third kappa shape index (κ3) is 4.88. The number of urea groups is 1. The van der Waals surface area contributed by atoms with Crippen molar-refractivity contribution in [2.45, 2.75) is 6.42 Å². The van der Waals surface area contributed by atoms with Crippen LogP contribution in [0.1, 0.15) is 5.56 Å². The highest BCUT2D eigenvalue weighted by Crippen LogP contribution is 2.33. The maximum atomic E-state index is 12.2. The van der Waals surface area contributed by atoms with Crippen molar-refractivity contribution >= 4 is 34.3 Å². The maximum Gasteiger partial charge on any atom is 0.323 e.